The lowest BCUT2D eigenvalue weighted by Crippen LogP contribution is -2.10. The predicted octanol–water partition coefficient (Wildman–Crippen LogP) is 1.77. The van der Waals surface area contributed by atoms with Crippen molar-refractivity contribution in [3.63, 3.8) is 0 Å². The van der Waals surface area contributed by atoms with Crippen LogP contribution in [-0.4, -0.2) is 30.5 Å². The third kappa shape index (κ3) is 3.51. The van der Waals surface area contributed by atoms with Crippen LogP contribution in [0.4, 0.5) is 0 Å². The molecule has 0 saturated carbocycles. The van der Waals surface area contributed by atoms with E-state index in [9.17, 15) is 0 Å². The molecule has 1 aromatic carbocycles. The number of methoxy groups -OCH3 is 1. The van der Waals surface area contributed by atoms with Crippen LogP contribution in [0.2, 0.25) is 0 Å². The Morgan fingerprint density at radius 1 is 1.30 bits per heavy atom. The van der Waals surface area contributed by atoms with Crippen molar-refractivity contribution in [2.24, 2.45) is 7.05 Å². The van der Waals surface area contributed by atoms with Gasteiger partial charge in [-0.25, -0.2) is 0 Å². The third-order valence-electron chi connectivity index (χ3n) is 3.17. The number of aryl methyl sites for hydroxylation is 1. The quantitative estimate of drug-likeness (QED) is 0.836. The Hall–Kier alpha value is -2.01. The molecule has 5 nitrogen and oxygen atoms in total. The number of hydrogen-bond donors (Lipinski definition) is 1. The predicted molar refractivity (Wildman–Crippen MR) is 78.2 cm³/mol. The van der Waals surface area contributed by atoms with E-state index in [2.05, 4.69) is 10.4 Å². The maximum atomic E-state index is 5.88. The van der Waals surface area contributed by atoms with E-state index < -0.39 is 0 Å². The number of rotatable bonds is 7. The van der Waals surface area contributed by atoms with Gasteiger partial charge in [0.15, 0.2) is 0 Å². The van der Waals surface area contributed by atoms with Crippen LogP contribution < -0.4 is 14.8 Å². The highest BCUT2D eigenvalue weighted by atomic mass is 16.5. The molecule has 20 heavy (non-hydrogen) atoms. The average molecular weight is 275 g/mol. The molecule has 0 spiro atoms. The van der Waals surface area contributed by atoms with Crippen LogP contribution >= 0.6 is 0 Å². The van der Waals surface area contributed by atoms with Crippen molar-refractivity contribution in [1.29, 1.82) is 0 Å². The number of hydrogen-bond acceptors (Lipinski definition) is 4. The lowest BCUT2D eigenvalue weighted by Gasteiger charge is -2.13. The molecule has 0 bridgehead atoms. The number of benzene rings is 1. The Bertz CT molecular complexity index is 552. The second-order valence-corrected chi connectivity index (χ2v) is 4.55. The molecule has 0 saturated heterocycles. The zero-order chi connectivity index (χ0) is 14.4. The van der Waals surface area contributed by atoms with Crippen molar-refractivity contribution in [2.45, 2.75) is 13.0 Å². The van der Waals surface area contributed by atoms with E-state index in [-0.39, 0.29) is 0 Å². The van der Waals surface area contributed by atoms with Gasteiger partial charge in [0.05, 0.1) is 13.7 Å². The van der Waals surface area contributed by atoms with Crippen molar-refractivity contribution in [1.82, 2.24) is 15.1 Å². The summed E-state index contributed by atoms with van der Waals surface area (Å²) in [4.78, 5) is 0. The molecule has 1 aromatic heterocycles. The standard InChI is InChI=1S/C15H21N3O2/c1-16-11-12-10-14(19-3)4-5-15(12)20-9-7-13-6-8-17-18(13)2/h4-6,8,10,16H,7,9,11H2,1-3H3. The highest BCUT2D eigenvalue weighted by molar-refractivity contribution is 5.40. The first-order valence-electron chi connectivity index (χ1n) is 6.65. The maximum Gasteiger partial charge on any atom is 0.124 e. The minimum Gasteiger partial charge on any atom is -0.497 e. The first-order valence-corrected chi connectivity index (χ1v) is 6.65. The molecule has 2 aromatic rings. The SMILES string of the molecule is CNCc1cc(OC)ccc1OCCc1ccnn1C. The van der Waals surface area contributed by atoms with Crippen LogP contribution in [0.5, 0.6) is 11.5 Å². The van der Waals surface area contributed by atoms with Gasteiger partial charge in [0.2, 0.25) is 0 Å². The van der Waals surface area contributed by atoms with E-state index in [0.717, 1.165) is 35.7 Å². The van der Waals surface area contributed by atoms with Crippen molar-refractivity contribution in [2.75, 3.05) is 20.8 Å². The summed E-state index contributed by atoms with van der Waals surface area (Å²) in [5.41, 5.74) is 2.26. The van der Waals surface area contributed by atoms with E-state index >= 15 is 0 Å². The Labute approximate surface area is 119 Å². The summed E-state index contributed by atoms with van der Waals surface area (Å²) in [6, 6.07) is 7.87. The van der Waals surface area contributed by atoms with E-state index in [4.69, 9.17) is 9.47 Å². The van der Waals surface area contributed by atoms with E-state index in [1.807, 2.05) is 43.0 Å². The Morgan fingerprint density at radius 2 is 2.15 bits per heavy atom. The van der Waals surface area contributed by atoms with Gasteiger partial charge < -0.3 is 14.8 Å². The summed E-state index contributed by atoms with van der Waals surface area (Å²) in [5.74, 6) is 1.73. The Kier molecular flexibility index (Phi) is 5.01. The van der Waals surface area contributed by atoms with Gasteiger partial charge in [-0.2, -0.15) is 5.10 Å². The second kappa shape index (κ2) is 6.96. The molecule has 0 amide bonds. The minimum atomic E-state index is 0.628. The summed E-state index contributed by atoms with van der Waals surface area (Å²) >= 11 is 0. The molecule has 0 radical (unpaired) electrons. The molecule has 1 N–H and O–H groups in total. The van der Waals surface area contributed by atoms with Crippen molar-refractivity contribution in [3.05, 3.63) is 41.7 Å². The normalized spacial score (nSPS) is 10.6. The van der Waals surface area contributed by atoms with Gasteiger partial charge in [0, 0.05) is 37.5 Å². The van der Waals surface area contributed by atoms with Gasteiger partial charge in [0.1, 0.15) is 11.5 Å². The number of ether oxygens (including phenoxy) is 2. The smallest absolute Gasteiger partial charge is 0.124 e. The van der Waals surface area contributed by atoms with Gasteiger partial charge in [-0.1, -0.05) is 0 Å². The summed E-state index contributed by atoms with van der Waals surface area (Å²) in [6.07, 6.45) is 2.64. The lowest BCUT2D eigenvalue weighted by molar-refractivity contribution is 0.313. The first-order chi connectivity index (χ1) is 9.74. The average Bonchev–Trinajstić information content (AvgIpc) is 2.86. The Balaban J connectivity index is 1.99. The molecule has 1 heterocycles. The van der Waals surface area contributed by atoms with Crippen LogP contribution in [0.15, 0.2) is 30.5 Å². The highest BCUT2D eigenvalue weighted by Gasteiger charge is 2.06. The molecular weight excluding hydrogens is 254 g/mol. The molecule has 0 aliphatic rings. The largest absolute Gasteiger partial charge is 0.497 e. The van der Waals surface area contributed by atoms with Crippen molar-refractivity contribution >= 4 is 0 Å². The third-order valence-corrected chi connectivity index (χ3v) is 3.17. The van der Waals surface area contributed by atoms with Crippen LogP contribution in [0.3, 0.4) is 0 Å². The minimum absolute atomic E-state index is 0.628. The summed E-state index contributed by atoms with van der Waals surface area (Å²) in [7, 11) is 5.52. The first kappa shape index (κ1) is 14.4. The van der Waals surface area contributed by atoms with Gasteiger partial charge in [-0.3, -0.25) is 4.68 Å². The molecule has 0 fully saturated rings. The van der Waals surface area contributed by atoms with Gasteiger partial charge in [-0.05, 0) is 31.3 Å². The van der Waals surface area contributed by atoms with Crippen molar-refractivity contribution < 1.29 is 9.47 Å². The summed E-state index contributed by atoms with van der Waals surface area (Å²) in [5, 5.41) is 7.29. The Morgan fingerprint density at radius 3 is 2.80 bits per heavy atom. The molecule has 0 aliphatic carbocycles. The second-order valence-electron chi connectivity index (χ2n) is 4.55. The van der Waals surface area contributed by atoms with E-state index in [1.165, 1.54) is 0 Å². The van der Waals surface area contributed by atoms with Gasteiger partial charge in [0.25, 0.3) is 0 Å². The van der Waals surface area contributed by atoms with Gasteiger partial charge in [-0.15, -0.1) is 0 Å². The van der Waals surface area contributed by atoms with Crippen molar-refractivity contribution in [3.8, 4) is 11.5 Å². The number of aromatic nitrogens is 2. The van der Waals surface area contributed by atoms with Crippen LogP contribution in [0.1, 0.15) is 11.3 Å². The van der Waals surface area contributed by atoms with Crippen LogP contribution in [-0.2, 0) is 20.0 Å². The lowest BCUT2D eigenvalue weighted by atomic mass is 10.2. The van der Waals surface area contributed by atoms with E-state index in [0.29, 0.717) is 6.61 Å². The maximum absolute atomic E-state index is 5.88. The summed E-state index contributed by atoms with van der Waals surface area (Å²) in [6.45, 7) is 1.38. The molecule has 5 heteroatoms. The van der Waals surface area contributed by atoms with Crippen LogP contribution in [0.25, 0.3) is 0 Å². The molecule has 0 atom stereocenters. The fourth-order valence-electron chi connectivity index (χ4n) is 2.06. The molecule has 108 valence electrons. The molecular formula is C15H21N3O2. The topological polar surface area (TPSA) is 48.3 Å². The van der Waals surface area contributed by atoms with E-state index in [1.54, 1.807) is 13.3 Å². The van der Waals surface area contributed by atoms with Gasteiger partial charge >= 0.3 is 0 Å². The fraction of sp³-hybridized carbons (Fsp3) is 0.400. The summed E-state index contributed by atoms with van der Waals surface area (Å²) < 4.78 is 13.0. The molecule has 0 unspecified atom stereocenters. The highest BCUT2D eigenvalue weighted by Crippen LogP contribution is 2.24. The number of nitrogens with one attached hydrogen (secondary N) is 1. The molecule has 0 aliphatic heterocycles. The number of nitrogens with zero attached hydrogens (tertiary/aromatic N) is 2. The molecule has 2 rings (SSSR count). The monoisotopic (exact) mass is 275 g/mol. The zero-order valence-electron chi connectivity index (χ0n) is 12.2. The fourth-order valence-corrected chi connectivity index (χ4v) is 2.06. The zero-order valence-corrected chi connectivity index (χ0v) is 12.2. The van der Waals surface area contributed by atoms with Crippen LogP contribution in [0, 0.1) is 0 Å².